The van der Waals surface area contributed by atoms with Crippen LogP contribution in [0.2, 0.25) is 0 Å². The molecular formula is C17H31N3O3. The van der Waals surface area contributed by atoms with E-state index in [-0.39, 0.29) is 36.4 Å². The van der Waals surface area contributed by atoms with Gasteiger partial charge in [0.05, 0.1) is 12.1 Å². The normalized spacial score (nSPS) is 19.6. The van der Waals surface area contributed by atoms with Gasteiger partial charge < -0.3 is 16.8 Å². The molecule has 1 aliphatic carbocycles. The fourth-order valence-electron chi connectivity index (χ4n) is 3.06. The molecule has 6 heteroatoms. The van der Waals surface area contributed by atoms with Crippen molar-refractivity contribution in [3.63, 3.8) is 0 Å². The Morgan fingerprint density at radius 2 is 1.78 bits per heavy atom. The zero-order valence-electron chi connectivity index (χ0n) is 14.3. The van der Waals surface area contributed by atoms with Gasteiger partial charge in [-0.05, 0) is 25.2 Å². The van der Waals surface area contributed by atoms with Crippen LogP contribution in [0.4, 0.5) is 0 Å². The van der Waals surface area contributed by atoms with E-state index < -0.39 is 18.0 Å². The number of rotatable bonds is 9. The van der Waals surface area contributed by atoms with Crippen molar-refractivity contribution in [3.05, 3.63) is 0 Å². The summed E-state index contributed by atoms with van der Waals surface area (Å²) >= 11 is 0. The highest BCUT2D eigenvalue weighted by Crippen LogP contribution is 2.27. The van der Waals surface area contributed by atoms with Gasteiger partial charge in [-0.15, -0.1) is 0 Å². The van der Waals surface area contributed by atoms with E-state index in [1.165, 1.54) is 6.42 Å². The molecule has 0 bridgehead atoms. The maximum atomic E-state index is 12.8. The highest BCUT2D eigenvalue weighted by Gasteiger charge is 2.33. The summed E-state index contributed by atoms with van der Waals surface area (Å²) in [6.07, 6.45) is 6.24. The molecule has 0 saturated heterocycles. The van der Waals surface area contributed by atoms with Crippen molar-refractivity contribution in [2.75, 3.05) is 0 Å². The summed E-state index contributed by atoms with van der Waals surface area (Å²) in [5.74, 6) is -0.609. The van der Waals surface area contributed by atoms with Crippen molar-refractivity contribution in [1.82, 2.24) is 5.32 Å². The quantitative estimate of drug-likeness (QED) is 0.592. The van der Waals surface area contributed by atoms with Crippen LogP contribution < -0.4 is 16.8 Å². The number of carbonyl (C=O) groups excluding carboxylic acids is 3. The van der Waals surface area contributed by atoms with Crippen LogP contribution in [-0.2, 0) is 14.4 Å². The molecule has 3 atom stereocenters. The van der Waals surface area contributed by atoms with Gasteiger partial charge in [0.25, 0.3) is 0 Å². The molecule has 0 aromatic carbocycles. The third-order valence-corrected chi connectivity index (χ3v) is 4.86. The van der Waals surface area contributed by atoms with E-state index in [9.17, 15) is 14.4 Å². The number of nitrogens with one attached hydrogen (secondary N) is 1. The van der Waals surface area contributed by atoms with E-state index in [1.807, 2.05) is 13.8 Å². The summed E-state index contributed by atoms with van der Waals surface area (Å²) in [6.45, 7) is 3.98. The minimum atomic E-state index is -0.812. The lowest BCUT2D eigenvalue weighted by molar-refractivity contribution is -0.132. The predicted molar refractivity (Wildman–Crippen MR) is 89.4 cm³/mol. The van der Waals surface area contributed by atoms with Gasteiger partial charge in [-0.3, -0.25) is 14.4 Å². The van der Waals surface area contributed by atoms with E-state index in [0.717, 1.165) is 32.1 Å². The zero-order chi connectivity index (χ0) is 17.4. The van der Waals surface area contributed by atoms with Crippen molar-refractivity contribution < 1.29 is 14.4 Å². The van der Waals surface area contributed by atoms with Gasteiger partial charge in [0.15, 0.2) is 5.78 Å². The number of primary amides is 1. The summed E-state index contributed by atoms with van der Waals surface area (Å²) < 4.78 is 0. The number of carbonyl (C=O) groups is 3. The summed E-state index contributed by atoms with van der Waals surface area (Å²) in [5.41, 5.74) is 10.9. The Labute approximate surface area is 138 Å². The predicted octanol–water partition coefficient (Wildman–Crippen LogP) is 1.26. The Balaban J connectivity index is 2.68. The second kappa shape index (κ2) is 9.65. The molecule has 0 radical (unpaired) electrons. The van der Waals surface area contributed by atoms with Crippen molar-refractivity contribution in [3.8, 4) is 0 Å². The number of hydrogen-bond acceptors (Lipinski definition) is 4. The van der Waals surface area contributed by atoms with Gasteiger partial charge in [0.2, 0.25) is 11.8 Å². The zero-order valence-corrected chi connectivity index (χ0v) is 14.3. The second-order valence-electron chi connectivity index (χ2n) is 6.72. The van der Waals surface area contributed by atoms with Crippen LogP contribution in [0.25, 0.3) is 0 Å². The molecule has 2 amide bonds. The van der Waals surface area contributed by atoms with E-state index in [0.29, 0.717) is 0 Å². The minimum Gasteiger partial charge on any atom is -0.370 e. The topological polar surface area (TPSA) is 115 Å². The lowest BCUT2D eigenvalue weighted by atomic mass is 9.80. The lowest BCUT2D eigenvalue weighted by Crippen LogP contribution is -2.52. The first-order valence-corrected chi connectivity index (χ1v) is 8.74. The fourth-order valence-corrected chi connectivity index (χ4v) is 3.06. The molecule has 1 rings (SSSR count). The number of hydrogen-bond donors (Lipinski definition) is 3. The first kappa shape index (κ1) is 19.6. The number of amides is 2. The second-order valence-corrected chi connectivity index (χ2v) is 6.72. The molecule has 0 aromatic heterocycles. The van der Waals surface area contributed by atoms with E-state index in [1.54, 1.807) is 0 Å². The van der Waals surface area contributed by atoms with Crippen molar-refractivity contribution in [2.45, 2.75) is 77.3 Å². The maximum Gasteiger partial charge on any atom is 0.237 e. The molecule has 0 unspecified atom stereocenters. The molecule has 0 aliphatic heterocycles. The SMILES string of the molecule is CC[C@H](C)[C@H](NC(=O)[C@@H](N)CCC(N)=O)C(=O)C1CCCCC1. The highest BCUT2D eigenvalue weighted by atomic mass is 16.2. The van der Waals surface area contributed by atoms with Crippen molar-refractivity contribution in [2.24, 2.45) is 23.3 Å². The average molecular weight is 325 g/mol. The van der Waals surface area contributed by atoms with Crippen molar-refractivity contribution >= 4 is 17.6 Å². The van der Waals surface area contributed by atoms with Gasteiger partial charge >= 0.3 is 0 Å². The van der Waals surface area contributed by atoms with Gasteiger partial charge in [0.1, 0.15) is 0 Å². The third-order valence-electron chi connectivity index (χ3n) is 4.86. The Morgan fingerprint density at radius 1 is 1.17 bits per heavy atom. The fraction of sp³-hybridized carbons (Fsp3) is 0.824. The van der Waals surface area contributed by atoms with E-state index in [2.05, 4.69) is 5.32 Å². The van der Waals surface area contributed by atoms with Gasteiger partial charge in [-0.1, -0.05) is 39.5 Å². The van der Waals surface area contributed by atoms with E-state index in [4.69, 9.17) is 11.5 Å². The smallest absolute Gasteiger partial charge is 0.237 e. The van der Waals surface area contributed by atoms with Gasteiger partial charge in [-0.25, -0.2) is 0 Å². The van der Waals surface area contributed by atoms with Crippen LogP contribution in [0.1, 0.15) is 65.2 Å². The lowest BCUT2D eigenvalue weighted by Gasteiger charge is -2.30. The molecule has 6 nitrogen and oxygen atoms in total. The standard InChI is InChI=1S/C17H31N3O3/c1-3-11(2)15(16(22)12-7-5-4-6-8-12)20-17(23)13(18)9-10-14(19)21/h11-13,15H,3-10,18H2,1-2H3,(H2,19,21)(H,20,23)/t11-,13-,15-/m0/s1. The molecule has 23 heavy (non-hydrogen) atoms. The molecule has 5 N–H and O–H groups in total. The monoisotopic (exact) mass is 325 g/mol. The summed E-state index contributed by atoms with van der Waals surface area (Å²) in [4.78, 5) is 35.8. The largest absolute Gasteiger partial charge is 0.370 e. The molecule has 132 valence electrons. The summed E-state index contributed by atoms with van der Waals surface area (Å²) in [5, 5.41) is 2.82. The maximum absolute atomic E-state index is 12.8. The Kier molecular flexibility index (Phi) is 8.23. The third kappa shape index (κ3) is 6.29. The Hall–Kier alpha value is -1.43. The van der Waals surface area contributed by atoms with Gasteiger partial charge in [-0.2, -0.15) is 0 Å². The van der Waals surface area contributed by atoms with Crippen LogP contribution in [0.3, 0.4) is 0 Å². The molecule has 1 saturated carbocycles. The van der Waals surface area contributed by atoms with E-state index >= 15 is 0 Å². The Morgan fingerprint density at radius 3 is 2.30 bits per heavy atom. The molecule has 1 aliphatic rings. The van der Waals surface area contributed by atoms with Crippen LogP contribution in [-0.4, -0.2) is 29.7 Å². The average Bonchev–Trinajstić information content (AvgIpc) is 2.56. The van der Waals surface area contributed by atoms with Crippen LogP contribution in [0.5, 0.6) is 0 Å². The van der Waals surface area contributed by atoms with Gasteiger partial charge in [0, 0.05) is 12.3 Å². The molecule has 0 aromatic rings. The molecule has 0 heterocycles. The minimum absolute atomic E-state index is 0.0462. The van der Waals surface area contributed by atoms with Crippen LogP contribution in [0, 0.1) is 11.8 Å². The Bertz CT molecular complexity index is 419. The highest BCUT2D eigenvalue weighted by molar-refractivity contribution is 5.92. The number of ketones is 1. The molecule has 1 fully saturated rings. The first-order valence-electron chi connectivity index (χ1n) is 8.74. The first-order chi connectivity index (χ1) is 10.9. The van der Waals surface area contributed by atoms with Crippen LogP contribution in [0.15, 0.2) is 0 Å². The van der Waals surface area contributed by atoms with Crippen LogP contribution >= 0.6 is 0 Å². The summed E-state index contributed by atoms with van der Waals surface area (Å²) in [7, 11) is 0. The summed E-state index contributed by atoms with van der Waals surface area (Å²) in [6, 6.07) is -1.30. The molecule has 0 spiro atoms. The molecular weight excluding hydrogens is 294 g/mol. The number of nitrogens with two attached hydrogens (primary N) is 2. The van der Waals surface area contributed by atoms with Crippen molar-refractivity contribution in [1.29, 1.82) is 0 Å². The number of Topliss-reactive ketones (excluding diaryl/α,β-unsaturated/α-hetero) is 1.